The number of carbonyl (C=O) groups excluding carboxylic acids is 1. The second kappa shape index (κ2) is 7.99. The van der Waals surface area contributed by atoms with E-state index in [4.69, 9.17) is 0 Å². The number of rotatable bonds is 5. The van der Waals surface area contributed by atoms with Crippen molar-refractivity contribution in [3.63, 3.8) is 0 Å². The molecule has 1 amide bonds. The summed E-state index contributed by atoms with van der Waals surface area (Å²) >= 11 is 0. The van der Waals surface area contributed by atoms with Crippen LogP contribution in [0.1, 0.15) is 47.1 Å². The number of nitrogens with zero attached hydrogens (tertiary/aromatic N) is 2. The van der Waals surface area contributed by atoms with E-state index in [1.807, 2.05) is 62.4 Å². The summed E-state index contributed by atoms with van der Waals surface area (Å²) in [6, 6.07) is 17.4. The molecule has 0 aliphatic rings. The molecule has 0 radical (unpaired) electrons. The fourth-order valence-electron chi connectivity index (χ4n) is 2.88. The van der Waals surface area contributed by atoms with Crippen LogP contribution in [0.25, 0.3) is 0 Å². The molecule has 0 bridgehead atoms. The summed E-state index contributed by atoms with van der Waals surface area (Å²) in [5.41, 5.74) is 4.96. The zero-order valence-electron chi connectivity index (χ0n) is 16.1. The van der Waals surface area contributed by atoms with Crippen LogP contribution in [0.5, 0.6) is 0 Å². The Morgan fingerprint density at radius 1 is 0.926 bits per heavy atom. The van der Waals surface area contributed by atoms with Crippen molar-refractivity contribution in [2.45, 2.75) is 33.6 Å². The Morgan fingerprint density at radius 2 is 1.59 bits per heavy atom. The predicted octanol–water partition coefficient (Wildman–Crippen LogP) is 5.21. The molecular formula is C22H24N4O. The van der Waals surface area contributed by atoms with Crippen LogP contribution in [0, 0.1) is 13.8 Å². The first kappa shape index (κ1) is 18.6. The lowest BCUT2D eigenvalue weighted by Gasteiger charge is -2.14. The van der Waals surface area contributed by atoms with Gasteiger partial charge in [-0.05, 0) is 49.1 Å². The molecule has 0 spiro atoms. The highest BCUT2D eigenvalue weighted by atomic mass is 16.1. The first-order valence-electron chi connectivity index (χ1n) is 9.02. The van der Waals surface area contributed by atoms with Gasteiger partial charge < -0.3 is 10.6 Å². The molecule has 1 heterocycles. The van der Waals surface area contributed by atoms with Crippen LogP contribution in [0.3, 0.4) is 0 Å². The maximum atomic E-state index is 12.8. The summed E-state index contributed by atoms with van der Waals surface area (Å²) in [5, 5.41) is 6.18. The van der Waals surface area contributed by atoms with Gasteiger partial charge in [-0.1, -0.05) is 50.2 Å². The number of aromatic nitrogens is 2. The van der Waals surface area contributed by atoms with Crippen molar-refractivity contribution in [3.8, 4) is 0 Å². The highest BCUT2D eigenvalue weighted by Gasteiger charge is 2.14. The average Bonchev–Trinajstić information content (AvgIpc) is 2.63. The molecule has 5 heteroatoms. The monoisotopic (exact) mass is 360 g/mol. The molecular weight excluding hydrogens is 336 g/mol. The van der Waals surface area contributed by atoms with Crippen molar-refractivity contribution in [1.82, 2.24) is 9.97 Å². The third-order valence-electron chi connectivity index (χ3n) is 4.31. The summed E-state index contributed by atoms with van der Waals surface area (Å²) < 4.78 is 0. The maximum Gasteiger partial charge on any atom is 0.274 e. The van der Waals surface area contributed by atoms with Gasteiger partial charge in [-0.3, -0.25) is 4.79 Å². The minimum Gasteiger partial charge on any atom is -0.324 e. The molecule has 0 saturated carbocycles. The smallest absolute Gasteiger partial charge is 0.274 e. The van der Waals surface area contributed by atoms with Crippen molar-refractivity contribution in [2.75, 3.05) is 10.6 Å². The van der Waals surface area contributed by atoms with E-state index in [1.54, 1.807) is 6.07 Å². The van der Waals surface area contributed by atoms with Crippen molar-refractivity contribution in [1.29, 1.82) is 0 Å². The van der Waals surface area contributed by atoms with Gasteiger partial charge in [0.25, 0.3) is 5.91 Å². The molecule has 0 unspecified atom stereocenters. The molecule has 3 aromatic rings. The number of amides is 1. The van der Waals surface area contributed by atoms with E-state index in [1.165, 1.54) is 0 Å². The van der Waals surface area contributed by atoms with Gasteiger partial charge in [-0.2, -0.15) is 0 Å². The summed E-state index contributed by atoms with van der Waals surface area (Å²) in [6.07, 6.45) is 0. The van der Waals surface area contributed by atoms with Gasteiger partial charge in [-0.25, -0.2) is 9.97 Å². The lowest BCUT2D eigenvalue weighted by Crippen LogP contribution is -2.16. The summed E-state index contributed by atoms with van der Waals surface area (Å²) in [4.78, 5) is 21.6. The maximum absolute atomic E-state index is 12.8. The zero-order valence-corrected chi connectivity index (χ0v) is 16.1. The molecule has 0 aliphatic carbocycles. The predicted molar refractivity (Wildman–Crippen MR) is 110 cm³/mol. The number of hydrogen-bond acceptors (Lipinski definition) is 4. The summed E-state index contributed by atoms with van der Waals surface area (Å²) in [5.74, 6) is 0.472. The lowest BCUT2D eigenvalue weighted by molar-refractivity contribution is 0.102. The Balaban J connectivity index is 1.86. The molecule has 0 fully saturated rings. The molecule has 2 N–H and O–H groups in total. The van der Waals surface area contributed by atoms with Crippen molar-refractivity contribution in [2.24, 2.45) is 0 Å². The van der Waals surface area contributed by atoms with Crippen LogP contribution in [0.4, 0.5) is 17.3 Å². The van der Waals surface area contributed by atoms with E-state index in [-0.39, 0.29) is 5.91 Å². The van der Waals surface area contributed by atoms with Gasteiger partial charge >= 0.3 is 0 Å². The molecule has 0 atom stereocenters. The van der Waals surface area contributed by atoms with E-state index < -0.39 is 0 Å². The van der Waals surface area contributed by atoms with Crippen LogP contribution in [-0.4, -0.2) is 15.9 Å². The number of nitrogens with one attached hydrogen (secondary N) is 2. The number of benzene rings is 2. The largest absolute Gasteiger partial charge is 0.324 e. The van der Waals surface area contributed by atoms with Crippen molar-refractivity contribution < 1.29 is 4.79 Å². The van der Waals surface area contributed by atoms with Gasteiger partial charge in [0.15, 0.2) is 0 Å². The van der Waals surface area contributed by atoms with E-state index in [0.29, 0.717) is 17.6 Å². The molecule has 27 heavy (non-hydrogen) atoms. The normalized spacial score (nSPS) is 10.7. The summed E-state index contributed by atoms with van der Waals surface area (Å²) in [6.45, 7) is 8.06. The topological polar surface area (TPSA) is 66.9 Å². The number of hydrogen-bond donors (Lipinski definition) is 2. The Morgan fingerprint density at radius 3 is 2.30 bits per heavy atom. The molecule has 0 saturated heterocycles. The van der Waals surface area contributed by atoms with E-state index in [2.05, 4.69) is 34.4 Å². The average molecular weight is 360 g/mol. The first-order chi connectivity index (χ1) is 12.9. The molecule has 0 aliphatic heterocycles. The Labute approximate surface area is 159 Å². The molecule has 2 aromatic carbocycles. The third kappa shape index (κ3) is 4.50. The van der Waals surface area contributed by atoms with Gasteiger partial charge in [0.2, 0.25) is 5.95 Å². The number of aryl methyl sites for hydroxylation is 2. The second-order valence-electron chi connectivity index (χ2n) is 6.85. The Hall–Kier alpha value is -3.21. The number of para-hydroxylation sites is 2. The minimum atomic E-state index is -0.249. The van der Waals surface area contributed by atoms with E-state index >= 15 is 0 Å². The minimum absolute atomic E-state index is 0.249. The molecule has 3 rings (SSSR count). The van der Waals surface area contributed by atoms with Crippen LogP contribution in [0.15, 0.2) is 54.6 Å². The van der Waals surface area contributed by atoms with Crippen LogP contribution in [0.2, 0.25) is 0 Å². The highest BCUT2D eigenvalue weighted by Crippen LogP contribution is 2.24. The summed E-state index contributed by atoms with van der Waals surface area (Å²) in [7, 11) is 0. The van der Waals surface area contributed by atoms with Gasteiger partial charge in [0.1, 0.15) is 5.69 Å². The Kier molecular flexibility index (Phi) is 5.50. The first-order valence-corrected chi connectivity index (χ1v) is 9.02. The molecule has 5 nitrogen and oxygen atoms in total. The zero-order chi connectivity index (χ0) is 19.4. The number of anilines is 3. The Bertz CT molecular complexity index is 966. The SMILES string of the molecule is Cc1cc(C(=O)Nc2ccccc2C(C)C)nc(Nc2ccccc2C)n1. The fourth-order valence-corrected chi connectivity index (χ4v) is 2.88. The third-order valence-corrected chi connectivity index (χ3v) is 4.31. The highest BCUT2D eigenvalue weighted by molar-refractivity contribution is 6.03. The van der Waals surface area contributed by atoms with Gasteiger partial charge in [0, 0.05) is 17.1 Å². The van der Waals surface area contributed by atoms with Crippen LogP contribution in [-0.2, 0) is 0 Å². The van der Waals surface area contributed by atoms with Crippen molar-refractivity contribution in [3.05, 3.63) is 77.1 Å². The van der Waals surface area contributed by atoms with Gasteiger partial charge in [-0.15, -0.1) is 0 Å². The van der Waals surface area contributed by atoms with E-state index in [9.17, 15) is 4.79 Å². The number of carbonyl (C=O) groups is 1. The van der Waals surface area contributed by atoms with Crippen molar-refractivity contribution >= 4 is 23.2 Å². The van der Waals surface area contributed by atoms with E-state index in [0.717, 1.165) is 28.2 Å². The second-order valence-corrected chi connectivity index (χ2v) is 6.85. The van der Waals surface area contributed by atoms with Crippen LogP contribution < -0.4 is 10.6 Å². The van der Waals surface area contributed by atoms with Crippen LogP contribution >= 0.6 is 0 Å². The van der Waals surface area contributed by atoms with Gasteiger partial charge in [0.05, 0.1) is 0 Å². The standard InChI is InChI=1S/C22H24N4O/c1-14(2)17-10-6-8-12-19(17)24-21(27)20-13-16(4)23-22(26-20)25-18-11-7-5-9-15(18)3/h5-14H,1-4H3,(H,24,27)(H,23,25,26). The molecule has 1 aromatic heterocycles. The quantitative estimate of drug-likeness (QED) is 0.655. The fraction of sp³-hybridized carbons (Fsp3) is 0.227. The lowest BCUT2D eigenvalue weighted by atomic mass is 10.0. The molecule has 138 valence electrons.